The van der Waals surface area contributed by atoms with Crippen LogP contribution >= 0.6 is 22.9 Å². The second-order valence-electron chi connectivity index (χ2n) is 3.87. The highest BCUT2D eigenvalue weighted by Gasteiger charge is 2.21. The third-order valence-electron chi connectivity index (χ3n) is 2.47. The summed E-state index contributed by atoms with van der Waals surface area (Å²) in [7, 11) is -2.57. The van der Waals surface area contributed by atoms with Crippen molar-refractivity contribution >= 4 is 43.9 Å². The highest BCUT2D eigenvalue weighted by atomic mass is 35.5. The average Bonchev–Trinajstić information content (AvgIpc) is 2.86. The molecule has 1 aromatic heterocycles. The number of halogens is 1. The Morgan fingerprint density at radius 1 is 1.33 bits per heavy atom. The van der Waals surface area contributed by atoms with E-state index in [-0.39, 0.29) is 20.5 Å². The largest absolute Gasteiger partial charge is 0.495 e. The van der Waals surface area contributed by atoms with Gasteiger partial charge < -0.3 is 9.84 Å². The van der Waals surface area contributed by atoms with Crippen molar-refractivity contribution < 1.29 is 23.1 Å². The van der Waals surface area contributed by atoms with Crippen LogP contribution in [-0.4, -0.2) is 26.6 Å². The lowest BCUT2D eigenvalue weighted by molar-refractivity contribution is 0.0702. The predicted octanol–water partition coefficient (Wildman–Crippen LogP) is 2.91. The number of carboxylic acid groups (broad SMARTS) is 1. The van der Waals surface area contributed by atoms with Crippen LogP contribution in [-0.2, 0) is 10.0 Å². The van der Waals surface area contributed by atoms with Crippen molar-refractivity contribution in [3.8, 4) is 5.75 Å². The van der Waals surface area contributed by atoms with Crippen LogP contribution in [0.4, 0.5) is 5.00 Å². The highest BCUT2D eigenvalue weighted by molar-refractivity contribution is 7.93. The van der Waals surface area contributed by atoms with E-state index in [0.29, 0.717) is 5.02 Å². The number of ether oxygens (including phenoxy) is 1. The van der Waals surface area contributed by atoms with Crippen LogP contribution in [0.15, 0.2) is 35.2 Å². The van der Waals surface area contributed by atoms with Crippen molar-refractivity contribution in [3.63, 3.8) is 0 Å². The smallest absolute Gasteiger partial charge is 0.345 e. The van der Waals surface area contributed by atoms with E-state index in [1.807, 2.05) is 0 Å². The van der Waals surface area contributed by atoms with Crippen LogP contribution in [0.3, 0.4) is 0 Å². The van der Waals surface area contributed by atoms with Gasteiger partial charge in [0.05, 0.1) is 7.11 Å². The number of sulfonamides is 1. The molecule has 0 fully saturated rings. The van der Waals surface area contributed by atoms with Crippen molar-refractivity contribution in [3.05, 3.63) is 40.2 Å². The summed E-state index contributed by atoms with van der Waals surface area (Å²) in [4.78, 5) is 10.7. The minimum Gasteiger partial charge on any atom is -0.495 e. The Hall–Kier alpha value is -1.77. The summed E-state index contributed by atoms with van der Waals surface area (Å²) >= 11 is 6.61. The summed E-state index contributed by atoms with van der Waals surface area (Å²) < 4.78 is 31.9. The number of nitrogens with one attached hydrogen (secondary N) is 1. The molecule has 6 nitrogen and oxygen atoms in total. The second-order valence-corrected chi connectivity index (χ2v) is 7.04. The first-order valence-electron chi connectivity index (χ1n) is 5.53. The van der Waals surface area contributed by atoms with Crippen LogP contribution in [0.5, 0.6) is 5.75 Å². The molecule has 0 atom stereocenters. The van der Waals surface area contributed by atoms with Crippen LogP contribution in [0, 0.1) is 0 Å². The molecule has 0 radical (unpaired) electrons. The zero-order valence-corrected chi connectivity index (χ0v) is 13.1. The molecule has 21 heavy (non-hydrogen) atoms. The summed E-state index contributed by atoms with van der Waals surface area (Å²) in [5.74, 6) is -1.01. The quantitative estimate of drug-likeness (QED) is 0.867. The van der Waals surface area contributed by atoms with Crippen molar-refractivity contribution in [1.29, 1.82) is 0 Å². The monoisotopic (exact) mass is 347 g/mol. The minimum absolute atomic E-state index is 0.0378. The van der Waals surface area contributed by atoms with Gasteiger partial charge in [-0.2, -0.15) is 0 Å². The van der Waals surface area contributed by atoms with Gasteiger partial charge >= 0.3 is 5.97 Å². The van der Waals surface area contributed by atoms with E-state index in [1.165, 1.54) is 37.4 Å². The van der Waals surface area contributed by atoms with Gasteiger partial charge in [0, 0.05) is 11.1 Å². The molecule has 0 aliphatic rings. The van der Waals surface area contributed by atoms with Crippen molar-refractivity contribution in [2.75, 3.05) is 11.8 Å². The number of carbonyl (C=O) groups is 1. The second kappa shape index (κ2) is 5.92. The fraction of sp³-hybridized carbons (Fsp3) is 0.0833. The molecule has 0 aliphatic carbocycles. The van der Waals surface area contributed by atoms with E-state index in [4.69, 9.17) is 21.4 Å². The molecular weight excluding hydrogens is 338 g/mol. The molecule has 2 aromatic rings. The van der Waals surface area contributed by atoms with Gasteiger partial charge in [0.25, 0.3) is 10.0 Å². The molecular formula is C12H10ClNO5S2. The average molecular weight is 348 g/mol. The summed E-state index contributed by atoms with van der Waals surface area (Å²) in [6, 6.07) is 6.83. The lowest BCUT2D eigenvalue weighted by Crippen LogP contribution is -2.13. The van der Waals surface area contributed by atoms with Crippen molar-refractivity contribution in [2.45, 2.75) is 4.90 Å². The summed E-state index contributed by atoms with van der Waals surface area (Å²) in [5.41, 5.74) is 0. The normalized spacial score (nSPS) is 11.1. The number of hydrogen-bond acceptors (Lipinski definition) is 5. The molecule has 0 saturated heterocycles. The number of carboxylic acids is 1. The Bertz CT molecular complexity index is 785. The molecule has 2 rings (SSSR count). The van der Waals surface area contributed by atoms with Crippen molar-refractivity contribution in [1.82, 2.24) is 0 Å². The van der Waals surface area contributed by atoms with Gasteiger partial charge in [-0.1, -0.05) is 11.6 Å². The maximum atomic E-state index is 12.3. The van der Waals surface area contributed by atoms with Gasteiger partial charge in [0.1, 0.15) is 20.5 Å². The molecule has 0 saturated carbocycles. The molecule has 0 aliphatic heterocycles. The number of aromatic carboxylic acids is 1. The Labute approximate surface area is 130 Å². The van der Waals surface area contributed by atoms with Gasteiger partial charge in [0.15, 0.2) is 0 Å². The maximum Gasteiger partial charge on any atom is 0.345 e. The Kier molecular flexibility index (Phi) is 4.40. The number of hydrogen-bond donors (Lipinski definition) is 2. The van der Waals surface area contributed by atoms with Crippen molar-refractivity contribution in [2.24, 2.45) is 0 Å². The predicted molar refractivity (Wildman–Crippen MR) is 80.1 cm³/mol. The van der Waals surface area contributed by atoms with Crippen LogP contribution < -0.4 is 9.46 Å². The van der Waals surface area contributed by atoms with E-state index < -0.39 is 16.0 Å². The molecule has 1 heterocycles. The molecule has 112 valence electrons. The third kappa shape index (κ3) is 3.46. The summed E-state index contributed by atoms with van der Waals surface area (Å²) in [6.07, 6.45) is 0. The third-order valence-corrected chi connectivity index (χ3v) is 5.22. The maximum absolute atomic E-state index is 12.3. The van der Waals surface area contributed by atoms with Gasteiger partial charge in [0.2, 0.25) is 0 Å². The molecule has 2 N–H and O–H groups in total. The highest BCUT2D eigenvalue weighted by Crippen LogP contribution is 2.30. The van der Waals surface area contributed by atoms with E-state index in [9.17, 15) is 13.2 Å². The zero-order valence-electron chi connectivity index (χ0n) is 10.7. The minimum atomic E-state index is -3.90. The van der Waals surface area contributed by atoms with Gasteiger partial charge in [-0.3, -0.25) is 4.72 Å². The standard InChI is InChI=1S/C12H10ClNO5S2/c1-19-8-6-7(13)2-4-10(8)21(17,18)14-11-5-3-9(20-11)12(15)16/h2-6,14H,1H3,(H,15,16). The number of benzene rings is 1. The van der Waals surface area contributed by atoms with E-state index >= 15 is 0 Å². The summed E-state index contributed by atoms with van der Waals surface area (Å²) in [5, 5.41) is 9.37. The van der Waals surface area contributed by atoms with Crippen LogP contribution in [0.25, 0.3) is 0 Å². The van der Waals surface area contributed by atoms with Crippen LogP contribution in [0.1, 0.15) is 9.67 Å². The van der Waals surface area contributed by atoms with E-state index in [2.05, 4.69) is 4.72 Å². The lowest BCUT2D eigenvalue weighted by atomic mass is 10.3. The SMILES string of the molecule is COc1cc(Cl)ccc1S(=O)(=O)Nc1ccc(C(=O)O)s1. The molecule has 1 aromatic carbocycles. The first kappa shape index (κ1) is 15.6. The van der Waals surface area contributed by atoms with Gasteiger partial charge in [-0.15, -0.1) is 11.3 Å². The van der Waals surface area contributed by atoms with Gasteiger partial charge in [-0.25, -0.2) is 13.2 Å². The molecule has 9 heteroatoms. The first-order chi connectivity index (χ1) is 9.83. The van der Waals surface area contributed by atoms with Crippen LogP contribution in [0.2, 0.25) is 5.02 Å². The number of thiophene rings is 1. The topological polar surface area (TPSA) is 92.7 Å². The first-order valence-corrected chi connectivity index (χ1v) is 8.21. The molecule has 0 unspecified atom stereocenters. The fourth-order valence-corrected chi connectivity index (χ4v) is 3.91. The number of rotatable bonds is 5. The number of methoxy groups -OCH3 is 1. The van der Waals surface area contributed by atoms with E-state index in [0.717, 1.165) is 11.3 Å². The Morgan fingerprint density at radius 3 is 2.62 bits per heavy atom. The fourth-order valence-electron chi connectivity index (χ4n) is 1.56. The summed E-state index contributed by atoms with van der Waals surface area (Å²) in [6.45, 7) is 0. The van der Waals surface area contributed by atoms with Gasteiger partial charge in [-0.05, 0) is 24.3 Å². The molecule has 0 bridgehead atoms. The molecule has 0 spiro atoms. The Balaban J connectivity index is 2.35. The lowest BCUT2D eigenvalue weighted by Gasteiger charge is -2.10. The van der Waals surface area contributed by atoms with E-state index in [1.54, 1.807) is 0 Å². The molecule has 0 amide bonds. The number of anilines is 1. The Morgan fingerprint density at radius 2 is 2.05 bits per heavy atom. The zero-order chi connectivity index (χ0) is 15.6.